The average Bonchev–Trinajstić information content (AvgIpc) is 3.12. The number of carboxylic acid groups (broad SMARTS) is 1. The second-order valence-electron chi connectivity index (χ2n) is 8.08. The van der Waals surface area contributed by atoms with Gasteiger partial charge in [-0.05, 0) is 37.8 Å². The standard InChI is InChI=1S/C24H27N3O7/c1-33-15-8-7-14(19(11-15)34-2)13-26-21-16(22(29)20(23(26)30)24(31)32)5-3-6-18-17(21)12-25-27(18)9-4-10-28/h7-8,11-12,28-29H,3-6,9-10,13H2,1-2H3,(H,31,32). The van der Waals surface area contributed by atoms with E-state index in [2.05, 4.69) is 5.10 Å². The number of aliphatic hydroxyl groups excluding tert-OH is 1. The summed E-state index contributed by atoms with van der Waals surface area (Å²) in [6.45, 7) is 0.559. The van der Waals surface area contributed by atoms with Gasteiger partial charge in [-0.1, -0.05) is 0 Å². The van der Waals surface area contributed by atoms with E-state index in [-0.39, 0.29) is 13.2 Å². The number of nitrogens with zero attached hydrogens (tertiary/aromatic N) is 3. The SMILES string of the molecule is COc1ccc(Cn2c3c(c(O)c(C(=O)O)c2=O)CCCc2c-3cnn2CCCO)c(OC)c1. The van der Waals surface area contributed by atoms with Crippen molar-refractivity contribution in [3.63, 3.8) is 0 Å². The van der Waals surface area contributed by atoms with Crippen LogP contribution in [0.1, 0.15) is 40.0 Å². The van der Waals surface area contributed by atoms with E-state index in [9.17, 15) is 24.9 Å². The van der Waals surface area contributed by atoms with Gasteiger partial charge < -0.3 is 29.4 Å². The molecular weight excluding hydrogens is 442 g/mol. The fourth-order valence-electron chi connectivity index (χ4n) is 4.52. The Labute approximate surface area is 195 Å². The summed E-state index contributed by atoms with van der Waals surface area (Å²) in [5, 5.41) is 34.3. The molecule has 1 aliphatic rings. The number of hydrogen-bond acceptors (Lipinski definition) is 7. The fourth-order valence-corrected chi connectivity index (χ4v) is 4.52. The van der Waals surface area contributed by atoms with E-state index in [0.29, 0.717) is 66.1 Å². The summed E-state index contributed by atoms with van der Waals surface area (Å²) in [5.41, 5.74) is 1.60. The second kappa shape index (κ2) is 9.60. The van der Waals surface area contributed by atoms with E-state index in [1.54, 1.807) is 29.1 Å². The summed E-state index contributed by atoms with van der Waals surface area (Å²) in [5.74, 6) is -0.918. The number of fused-ring (bicyclic) bond motifs is 3. The van der Waals surface area contributed by atoms with Gasteiger partial charge in [0, 0.05) is 41.6 Å². The van der Waals surface area contributed by atoms with Crippen LogP contribution in [0.2, 0.25) is 0 Å². The number of carbonyl (C=O) groups is 1. The molecule has 0 fully saturated rings. The van der Waals surface area contributed by atoms with E-state index in [4.69, 9.17) is 9.47 Å². The summed E-state index contributed by atoms with van der Waals surface area (Å²) < 4.78 is 13.9. The highest BCUT2D eigenvalue weighted by atomic mass is 16.5. The molecule has 10 heteroatoms. The average molecular weight is 469 g/mol. The number of aliphatic hydroxyl groups is 1. The molecule has 10 nitrogen and oxygen atoms in total. The summed E-state index contributed by atoms with van der Waals surface area (Å²) in [6.07, 6.45) is 3.84. The second-order valence-corrected chi connectivity index (χ2v) is 8.08. The van der Waals surface area contributed by atoms with Crippen LogP contribution in [0, 0.1) is 0 Å². The van der Waals surface area contributed by atoms with E-state index in [1.165, 1.54) is 18.8 Å². The summed E-state index contributed by atoms with van der Waals surface area (Å²) >= 11 is 0. The van der Waals surface area contributed by atoms with Crippen molar-refractivity contribution < 1.29 is 29.6 Å². The Kier molecular flexibility index (Phi) is 6.60. The van der Waals surface area contributed by atoms with Crippen molar-refractivity contribution in [2.45, 2.75) is 38.8 Å². The lowest BCUT2D eigenvalue weighted by Crippen LogP contribution is -2.29. The molecule has 0 atom stereocenters. The third kappa shape index (κ3) is 4.01. The van der Waals surface area contributed by atoms with Crippen LogP contribution in [0.5, 0.6) is 17.2 Å². The number of carboxylic acids is 1. The Morgan fingerprint density at radius 3 is 2.68 bits per heavy atom. The number of pyridine rings is 1. The molecule has 1 aliphatic carbocycles. The van der Waals surface area contributed by atoms with Crippen LogP contribution in [-0.2, 0) is 25.9 Å². The molecule has 0 saturated carbocycles. The highest BCUT2D eigenvalue weighted by molar-refractivity contribution is 5.92. The first kappa shape index (κ1) is 23.4. The molecule has 3 N–H and O–H groups in total. The first-order valence-corrected chi connectivity index (χ1v) is 11.0. The lowest BCUT2D eigenvalue weighted by Gasteiger charge is -2.20. The number of hydrogen-bond donors (Lipinski definition) is 3. The molecule has 0 aliphatic heterocycles. The first-order valence-electron chi connectivity index (χ1n) is 11.0. The Morgan fingerprint density at radius 1 is 1.21 bits per heavy atom. The monoisotopic (exact) mass is 469 g/mol. The Morgan fingerprint density at radius 2 is 2.00 bits per heavy atom. The van der Waals surface area contributed by atoms with Crippen molar-refractivity contribution in [2.75, 3.05) is 20.8 Å². The molecule has 1 aromatic carbocycles. The molecule has 0 radical (unpaired) electrons. The largest absolute Gasteiger partial charge is 0.506 e. The maximum absolute atomic E-state index is 13.4. The lowest BCUT2D eigenvalue weighted by atomic mass is 10.0. The maximum Gasteiger partial charge on any atom is 0.345 e. The Hall–Kier alpha value is -3.79. The van der Waals surface area contributed by atoms with Crippen molar-refractivity contribution in [3.8, 4) is 28.5 Å². The van der Waals surface area contributed by atoms with Crippen molar-refractivity contribution in [1.82, 2.24) is 14.3 Å². The Bertz CT molecular complexity index is 1290. The van der Waals surface area contributed by atoms with Gasteiger partial charge in [0.1, 0.15) is 17.2 Å². The quantitative estimate of drug-likeness (QED) is 0.456. The van der Waals surface area contributed by atoms with Gasteiger partial charge in [0.15, 0.2) is 5.56 Å². The predicted molar refractivity (Wildman–Crippen MR) is 123 cm³/mol. The first-order chi connectivity index (χ1) is 16.4. The minimum atomic E-state index is -1.48. The zero-order chi connectivity index (χ0) is 24.4. The number of aryl methyl sites for hydroxylation is 1. The summed E-state index contributed by atoms with van der Waals surface area (Å²) in [6, 6.07) is 5.18. The molecular formula is C24H27N3O7. The molecule has 34 heavy (non-hydrogen) atoms. The van der Waals surface area contributed by atoms with Crippen LogP contribution in [0.15, 0.2) is 29.2 Å². The number of aromatic hydroxyl groups is 1. The van der Waals surface area contributed by atoms with Crippen LogP contribution in [0.25, 0.3) is 11.3 Å². The number of benzene rings is 1. The molecule has 0 spiro atoms. The van der Waals surface area contributed by atoms with E-state index in [0.717, 1.165) is 5.69 Å². The van der Waals surface area contributed by atoms with Crippen molar-refractivity contribution in [3.05, 3.63) is 57.1 Å². The van der Waals surface area contributed by atoms with Crippen LogP contribution in [0.3, 0.4) is 0 Å². The van der Waals surface area contributed by atoms with E-state index in [1.807, 2.05) is 0 Å². The van der Waals surface area contributed by atoms with Gasteiger partial charge in [0.05, 0.1) is 32.7 Å². The predicted octanol–water partition coefficient (Wildman–Crippen LogP) is 2.05. The van der Waals surface area contributed by atoms with Gasteiger partial charge in [-0.15, -0.1) is 0 Å². The Balaban J connectivity index is 1.97. The zero-order valence-electron chi connectivity index (χ0n) is 19.1. The van der Waals surface area contributed by atoms with E-state index >= 15 is 0 Å². The molecule has 0 unspecified atom stereocenters. The molecule has 4 rings (SSSR count). The third-order valence-electron chi connectivity index (χ3n) is 6.15. The highest BCUT2D eigenvalue weighted by Crippen LogP contribution is 2.38. The van der Waals surface area contributed by atoms with Crippen LogP contribution in [0.4, 0.5) is 0 Å². The summed E-state index contributed by atoms with van der Waals surface area (Å²) in [4.78, 5) is 25.4. The van der Waals surface area contributed by atoms with Gasteiger partial charge in [-0.2, -0.15) is 5.10 Å². The normalized spacial score (nSPS) is 12.6. The zero-order valence-corrected chi connectivity index (χ0v) is 19.1. The van der Waals surface area contributed by atoms with Crippen molar-refractivity contribution in [2.24, 2.45) is 0 Å². The van der Waals surface area contributed by atoms with Gasteiger partial charge in [-0.3, -0.25) is 9.48 Å². The maximum atomic E-state index is 13.4. The number of aromatic nitrogens is 3. The van der Waals surface area contributed by atoms with Crippen LogP contribution >= 0.6 is 0 Å². The van der Waals surface area contributed by atoms with Crippen molar-refractivity contribution in [1.29, 1.82) is 0 Å². The minimum Gasteiger partial charge on any atom is -0.506 e. The highest BCUT2D eigenvalue weighted by Gasteiger charge is 2.30. The lowest BCUT2D eigenvalue weighted by molar-refractivity contribution is 0.0690. The minimum absolute atomic E-state index is 0.0238. The molecule has 0 saturated heterocycles. The molecule has 0 bridgehead atoms. The van der Waals surface area contributed by atoms with Crippen molar-refractivity contribution >= 4 is 5.97 Å². The smallest absolute Gasteiger partial charge is 0.345 e. The van der Waals surface area contributed by atoms with Crippen LogP contribution < -0.4 is 15.0 Å². The van der Waals surface area contributed by atoms with Gasteiger partial charge in [-0.25, -0.2) is 4.79 Å². The number of methoxy groups -OCH3 is 2. The fraction of sp³-hybridized carbons (Fsp3) is 0.375. The van der Waals surface area contributed by atoms with Gasteiger partial charge in [0.2, 0.25) is 0 Å². The third-order valence-corrected chi connectivity index (χ3v) is 6.15. The number of rotatable bonds is 8. The molecule has 2 heterocycles. The number of ether oxygens (including phenoxy) is 2. The van der Waals surface area contributed by atoms with Gasteiger partial charge >= 0.3 is 5.97 Å². The molecule has 180 valence electrons. The topological polar surface area (TPSA) is 136 Å². The molecule has 2 aromatic heterocycles. The summed E-state index contributed by atoms with van der Waals surface area (Å²) in [7, 11) is 3.04. The molecule has 3 aromatic rings. The van der Waals surface area contributed by atoms with Crippen LogP contribution in [-0.4, -0.2) is 56.5 Å². The number of aromatic carboxylic acids is 1. The molecule has 0 amide bonds. The van der Waals surface area contributed by atoms with Gasteiger partial charge in [0.25, 0.3) is 5.56 Å². The van der Waals surface area contributed by atoms with E-state index < -0.39 is 22.8 Å².